The predicted octanol–water partition coefficient (Wildman–Crippen LogP) is 2.26. The quantitative estimate of drug-likeness (QED) is 0.685. The summed E-state index contributed by atoms with van der Waals surface area (Å²) in [6.07, 6.45) is 2.96. The van der Waals surface area contributed by atoms with Crippen LogP contribution in [0.4, 0.5) is 0 Å². The van der Waals surface area contributed by atoms with Crippen LogP contribution in [0.2, 0.25) is 5.15 Å². The zero-order chi connectivity index (χ0) is 15.6. The van der Waals surface area contributed by atoms with E-state index in [-0.39, 0.29) is 28.9 Å². The van der Waals surface area contributed by atoms with E-state index in [0.29, 0.717) is 6.54 Å². The Morgan fingerprint density at radius 2 is 2.10 bits per heavy atom. The standard InChI is InChI=1S/C15H21ClN2O3/c1-9-4-12(19)5-10(2)18(9)8-11-6-13(15(20)21-3)14(16)17-7-11/h6-7,9-10,12,19H,4-5,8H2,1-3H3. The van der Waals surface area contributed by atoms with Gasteiger partial charge in [-0.05, 0) is 38.3 Å². The van der Waals surface area contributed by atoms with E-state index in [4.69, 9.17) is 16.3 Å². The Hall–Kier alpha value is -1.17. The van der Waals surface area contributed by atoms with Crippen LogP contribution in [-0.4, -0.2) is 46.3 Å². The van der Waals surface area contributed by atoms with Crippen molar-refractivity contribution in [3.8, 4) is 0 Å². The minimum absolute atomic E-state index is 0.153. The maximum absolute atomic E-state index is 11.7. The highest BCUT2D eigenvalue weighted by Crippen LogP contribution is 2.26. The van der Waals surface area contributed by atoms with Crippen molar-refractivity contribution in [2.75, 3.05) is 7.11 Å². The Balaban J connectivity index is 2.17. The Kier molecular flexibility index (Phi) is 5.19. The van der Waals surface area contributed by atoms with Gasteiger partial charge in [-0.25, -0.2) is 9.78 Å². The summed E-state index contributed by atoms with van der Waals surface area (Å²) in [4.78, 5) is 18.0. The number of hydrogen-bond donors (Lipinski definition) is 1. The fraction of sp³-hybridized carbons (Fsp3) is 0.600. The van der Waals surface area contributed by atoms with Crippen molar-refractivity contribution in [1.29, 1.82) is 0 Å². The van der Waals surface area contributed by atoms with Crippen LogP contribution in [0.15, 0.2) is 12.3 Å². The zero-order valence-corrected chi connectivity index (χ0v) is 13.3. The summed E-state index contributed by atoms with van der Waals surface area (Å²) < 4.78 is 4.71. The van der Waals surface area contributed by atoms with Crippen LogP contribution in [0.25, 0.3) is 0 Å². The Morgan fingerprint density at radius 3 is 2.67 bits per heavy atom. The van der Waals surface area contributed by atoms with E-state index in [1.807, 2.05) is 0 Å². The third-order valence-corrected chi connectivity index (χ3v) is 4.33. The van der Waals surface area contributed by atoms with E-state index in [2.05, 4.69) is 23.7 Å². The molecule has 1 aromatic heterocycles. The highest BCUT2D eigenvalue weighted by Gasteiger charge is 2.30. The lowest BCUT2D eigenvalue weighted by atomic mass is 9.94. The second-order valence-electron chi connectivity index (χ2n) is 5.67. The molecule has 0 bridgehead atoms. The number of carbonyl (C=O) groups is 1. The summed E-state index contributed by atoms with van der Waals surface area (Å²) >= 11 is 5.93. The second kappa shape index (κ2) is 6.73. The fourth-order valence-electron chi connectivity index (χ4n) is 2.94. The van der Waals surface area contributed by atoms with Gasteiger partial charge in [-0.15, -0.1) is 0 Å². The van der Waals surface area contributed by atoms with Crippen LogP contribution < -0.4 is 0 Å². The average molecular weight is 313 g/mol. The molecule has 0 radical (unpaired) electrons. The third kappa shape index (κ3) is 3.73. The molecule has 2 unspecified atom stereocenters. The smallest absolute Gasteiger partial charge is 0.341 e. The number of ether oxygens (including phenoxy) is 1. The molecule has 1 N–H and O–H groups in total. The molecule has 2 rings (SSSR count). The molecule has 1 saturated heterocycles. The number of aliphatic hydroxyl groups is 1. The number of pyridine rings is 1. The Bertz CT molecular complexity index is 512. The molecule has 0 amide bonds. The molecule has 2 heterocycles. The summed E-state index contributed by atoms with van der Waals surface area (Å²) in [6, 6.07) is 2.29. The molecule has 116 valence electrons. The van der Waals surface area contributed by atoms with E-state index in [9.17, 15) is 9.90 Å². The van der Waals surface area contributed by atoms with Crippen molar-refractivity contribution in [1.82, 2.24) is 9.88 Å². The minimum atomic E-state index is -0.482. The molecule has 1 fully saturated rings. The molecule has 0 spiro atoms. The summed E-state index contributed by atoms with van der Waals surface area (Å²) in [5, 5.41) is 9.95. The van der Waals surface area contributed by atoms with Gasteiger partial charge in [0.15, 0.2) is 0 Å². The summed E-state index contributed by atoms with van der Waals surface area (Å²) in [5.41, 5.74) is 1.20. The number of piperidine rings is 1. The molecule has 6 heteroatoms. The third-order valence-electron chi connectivity index (χ3n) is 4.02. The van der Waals surface area contributed by atoms with E-state index in [0.717, 1.165) is 18.4 Å². The van der Waals surface area contributed by atoms with E-state index < -0.39 is 5.97 Å². The van der Waals surface area contributed by atoms with Crippen LogP contribution in [0.3, 0.4) is 0 Å². The summed E-state index contributed by atoms with van der Waals surface area (Å²) in [7, 11) is 1.32. The van der Waals surface area contributed by atoms with Gasteiger partial charge >= 0.3 is 5.97 Å². The van der Waals surface area contributed by atoms with E-state index >= 15 is 0 Å². The van der Waals surface area contributed by atoms with Crippen molar-refractivity contribution < 1.29 is 14.6 Å². The highest BCUT2D eigenvalue weighted by atomic mass is 35.5. The van der Waals surface area contributed by atoms with Crippen molar-refractivity contribution in [3.63, 3.8) is 0 Å². The fourth-order valence-corrected chi connectivity index (χ4v) is 3.12. The predicted molar refractivity (Wildman–Crippen MR) is 80.3 cm³/mol. The molecule has 5 nitrogen and oxygen atoms in total. The van der Waals surface area contributed by atoms with Crippen LogP contribution in [0.1, 0.15) is 42.6 Å². The molecule has 0 aromatic carbocycles. The van der Waals surface area contributed by atoms with E-state index in [1.54, 1.807) is 12.3 Å². The molecule has 0 saturated carbocycles. The van der Waals surface area contributed by atoms with Crippen molar-refractivity contribution >= 4 is 17.6 Å². The van der Waals surface area contributed by atoms with Crippen molar-refractivity contribution in [2.45, 2.75) is 51.4 Å². The lowest BCUT2D eigenvalue weighted by molar-refractivity contribution is 0.00858. The first kappa shape index (κ1) is 16.2. The minimum Gasteiger partial charge on any atom is -0.465 e. The number of aliphatic hydroxyl groups excluding tert-OH is 1. The molecular weight excluding hydrogens is 292 g/mol. The number of aromatic nitrogens is 1. The molecule has 1 aliphatic heterocycles. The maximum Gasteiger partial charge on any atom is 0.341 e. The number of esters is 1. The van der Waals surface area contributed by atoms with Gasteiger partial charge in [-0.1, -0.05) is 11.6 Å². The molecule has 21 heavy (non-hydrogen) atoms. The van der Waals surface area contributed by atoms with Crippen LogP contribution in [0, 0.1) is 0 Å². The lowest BCUT2D eigenvalue weighted by Crippen LogP contribution is -2.47. The first-order chi connectivity index (χ1) is 9.92. The summed E-state index contributed by atoms with van der Waals surface area (Å²) in [6.45, 7) is 4.87. The number of rotatable bonds is 3. The van der Waals surface area contributed by atoms with Gasteiger partial charge in [0, 0.05) is 24.8 Å². The molecule has 1 aromatic rings. The number of likely N-dealkylation sites (tertiary alicyclic amines) is 1. The van der Waals surface area contributed by atoms with Crippen molar-refractivity contribution in [3.05, 3.63) is 28.5 Å². The first-order valence-corrected chi connectivity index (χ1v) is 7.46. The topological polar surface area (TPSA) is 62.7 Å². The van der Waals surface area contributed by atoms with Gasteiger partial charge in [0.25, 0.3) is 0 Å². The average Bonchev–Trinajstić information content (AvgIpc) is 2.43. The maximum atomic E-state index is 11.7. The molecular formula is C15H21ClN2O3. The van der Waals surface area contributed by atoms with Gasteiger partial charge in [-0.3, -0.25) is 4.90 Å². The van der Waals surface area contributed by atoms with Crippen LogP contribution in [0.5, 0.6) is 0 Å². The lowest BCUT2D eigenvalue weighted by Gasteiger charge is -2.41. The molecule has 2 atom stereocenters. The van der Waals surface area contributed by atoms with E-state index in [1.165, 1.54) is 7.11 Å². The van der Waals surface area contributed by atoms with Crippen molar-refractivity contribution in [2.24, 2.45) is 0 Å². The number of nitrogens with zero attached hydrogens (tertiary/aromatic N) is 2. The van der Waals surface area contributed by atoms with Crippen LogP contribution in [-0.2, 0) is 11.3 Å². The molecule has 1 aliphatic rings. The first-order valence-electron chi connectivity index (χ1n) is 7.09. The van der Waals surface area contributed by atoms with Gasteiger partial charge in [0.1, 0.15) is 5.15 Å². The SMILES string of the molecule is COC(=O)c1cc(CN2C(C)CC(O)CC2C)cnc1Cl. The normalized spacial score (nSPS) is 26.6. The largest absolute Gasteiger partial charge is 0.465 e. The number of carbonyl (C=O) groups excluding carboxylic acids is 1. The monoisotopic (exact) mass is 312 g/mol. The van der Waals surface area contributed by atoms with Gasteiger partial charge in [0.2, 0.25) is 0 Å². The number of halogens is 1. The number of hydrogen-bond acceptors (Lipinski definition) is 5. The Morgan fingerprint density at radius 1 is 1.48 bits per heavy atom. The molecule has 0 aliphatic carbocycles. The van der Waals surface area contributed by atoms with Gasteiger partial charge in [0.05, 0.1) is 18.8 Å². The van der Waals surface area contributed by atoms with Gasteiger partial charge < -0.3 is 9.84 Å². The Labute approximate surface area is 129 Å². The van der Waals surface area contributed by atoms with Gasteiger partial charge in [-0.2, -0.15) is 0 Å². The van der Waals surface area contributed by atoms with Crippen LogP contribution >= 0.6 is 11.6 Å². The summed E-state index contributed by atoms with van der Waals surface area (Å²) in [5.74, 6) is -0.482. The zero-order valence-electron chi connectivity index (χ0n) is 12.5. The highest BCUT2D eigenvalue weighted by molar-refractivity contribution is 6.32. The second-order valence-corrected chi connectivity index (χ2v) is 6.03. The number of methoxy groups -OCH3 is 1.